The van der Waals surface area contributed by atoms with E-state index in [1.165, 1.54) is 6.42 Å². The summed E-state index contributed by atoms with van der Waals surface area (Å²) in [6.07, 6.45) is 2.22. The molecule has 1 aliphatic rings. The van der Waals surface area contributed by atoms with Gasteiger partial charge in [0.2, 0.25) is 5.82 Å². The van der Waals surface area contributed by atoms with Crippen molar-refractivity contribution in [3.05, 3.63) is 59.7 Å². The van der Waals surface area contributed by atoms with Crippen LogP contribution in [0.3, 0.4) is 0 Å². The van der Waals surface area contributed by atoms with Gasteiger partial charge in [-0.05, 0) is 43.4 Å². The molecule has 3 aromatic rings. The molecule has 27 heavy (non-hydrogen) atoms. The minimum Gasteiger partial charge on any atom is -0.338 e. The van der Waals surface area contributed by atoms with Crippen LogP contribution in [0.4, 0.5) is 0 Å². The van der Waals surface area contributed by atoms with Gasteiger partial charge < -0.3 is 9.42 Å². The summed E-state index contributed by atoms with van der Waals surface area (Å²) in [5.41, 5.74) is 3.32. The predicted molar refractivity (Wildman–Crippen MR) is 104 cm³/mol. The number of amides is 1. The maximum Gasteiger partial charge on any atom is 0.259 e. The monoisotopic (exact) mass is 361 g/mol. The van der Waals surface area contributed by atoms with E-state index in [9.17, 15) is 4.79 Å². The zero-order valence-electron chi connectivity index (χ0n) is 15.7. The lowest BCUT2D eigenvalue weighted by atomic mass is 9.98. The van der Waals surface area contributed by atoms with Gasteiger partial charge in [-0.25, -0.2) is 0 Å². The van der Waals surface area contributed by atoms with Gasteiger partial charge >= 0.3 is 0 Å². The summed E-state index contributed by atoms with van der Waals surface area (Å²) in [5.74, 6) is 1.48. The summed E-state index contributed by atoms with van der Waals surface area (Å²) >= 11 is 0. The molecule has 1 fully saturated rings. The molecular weight excluding hydrogens is 338 g/mol. The van der Waals surface area contributed by atoms with Crippen molar-refractivity contribution in [2.24, 2.45) is 5.92 Å². The standard InChI is InChI=1S/C22H23N3O2/c1-15-8-7-13-25(14-15)22(26)19-12-6-5-11-18(19)21-23-20(24-27-21)17-10-4-3-9-16(17)2/h3-6,9-12,15H,7-8,13-14H2,1-2H3. The molecule has 0 spiro atoms. The Hall–Kier alpha value is -2.95. The molecule has 1 aliphatic heterocycles. The fourth-order valence-electron chi connectivity index (χ4n) is 3.67. The van der Waals surface area contributed by atoms with Crippen molar-refractivity contribution >= 4 is 5.91 Å². The molecule has 1 saturated heterocycles. The first-order valence-electron chi connectivity index (χ1n) is 9.42. The number of aromatic nitrogens is 2. The zero-order valence-corrected chi connectivity index (χ0v) is 15.7. The molecule has 1 atom stereocenters. The van der Waals surface area contributed by atoms with Crippen LogP contribution >= 0.6 is 0 Å². The van der Waals surface area contributed by atoms with Gasteiger partial charge in [0.25, 0.3) is 11.8 Å². The number of benzene rings is 2. The first kappa shape index (κ1) is 17.5. The van der Waals surface area contributed by atoms with E-state index in [4.69, 9.17) is 4.52 Å². The van der Waals surface area contributed by atoms with Crippen molar-refractivity contribution in [1.29, 1.82) is 0 Å². The molecule has 5 nitrogen and oxygen atoms in total. The Kier molecular flexibility index (Phi) is 4.75. The molecule has 0 bridgehead atoms. The van der Waals surface area contributed by atoms with E-state index in [1.807, 2.05) is 60.4 Å². The molecule has 0 aliphatic carbocycles. The third kappa shape index (κ3) is 3.50. The second-order valence-corrected chi connectivity index (χ2v) is 7.28. The van der Waals surface area contributed by atoms with Gasteiger partial charge in [0.1, 0.15) is 0 Å². The minimum atomic E-state index is 0.0350. The molecule has 4 rings (SSSR count). The van der Waals surface area contributed by atoms with Crippen molar-refractivity contribution in [3.8, 4) is 22.8 Å². The van der Waals surface area contributed by atoms with Crippen LogP contribution in [0.15, 0.2) is 53.1 Å². The third-order valence-electron chi connectivity index (χ3n) is 5.14. The van der Waals surface area contributed by atoms with Crippen LogP contribution in [0, 0.1) is 12.8 Å². The fraction of sp³-hybridized carbons (Fsp3) is 0.318. The van der Waals surface area contributed by atoms with Gasteiger partial charge in [-0.2, -0.15) is 4.98 Å². The highest BCUT2D eigenvalue weighted by Crippen LogP contribution is 2.28. The molecule has 0 N–H and O–H groups in total. The predicted octanol–water partition coefficient (Wildman–Crippen LogP) is 4.58. The van der Waals surface area contributed by atoms with E-state index in [0.29, 0.717) is 28.8 Å². The normalized spacial score (nSPS) is 17.1. The molecule has 1 aromatic heterocycles. The number of nitrogens with zero attached hydrogens (tertiary/aromatic N) is 3. The Morgan fingerprint density at radius 1 is 1.11 bits per heavy atom. The largest absolute Gasteiger partial charge is 0.338 e. The Morgan fingerprint density at radius 2 is 1.85 bits per heavy atom. The maximum atomic E-state index is 13.1. The molecule has 0 saturated carbocycles. The Morgan fingerprint density at radius 3 is 2.63 bits per heavy atom. The Bertz CT molecular complexity index is 963. The average Bonchev–Trinajstić information content (AvgIpc) is 3.17. The van der Waals surface area contributed by atoms with E-state index in [-0.39, 0.29) is 5.91 Å². The summed E-state index contributed by atoms with van der Waals surface area (Å²) in [7, 11) is 0. The van der Waals surface area contributed by atoms with Crippen LogP contribution in [0.1, 0.15) is 35.7 Å². The van der Waals surface area contributed by atoms with Crippen molar-refractivity contribution in [2.75, 3.05) is 13.1 Å². The smallest absolute Gasteiger partial charge is 0.259 e. The van der Waals surface area contributed by atoms with Gasteiger partial charge in [0.15, 0.2) is 0 Å². The summed E-state index contributed by atoms with van der Waals surface area (Å²) < 4.78 is 5.53. The summed E-state index contributed by atoms with van der Waals surface area (Å²) in [4.78, 5) is 19.6. The fourth-order valence-corrected chi connectivity index (χ4v) is 3.67. The minimum absolute atomic E-state index is 0.0350. The van der Waals surface area contributed by atoms with E-state index in [2.05, 4.69) is 17.1 Å². The van der Waals surface area contributed by atoms with E-state index in [1.54, 1.807) is 0 Å². The highest BCUT2D eigenvalue weighted by Gasteiger charge is 2.25. The molecule has 2 aromatic carbocycles. The molecule has 1 unspecified atom stereocenters. The number of hydrogen-bond donors (Lipinski definition) is 0. The molecule has 2 heterocycles. The van der Waals surface area contributed by atoms with Gasteiger partial charge in [0.05, 0.1) is 11.1 Å². The van der Waals surface area contributed by atoms with Crippen LogP contribution in [0.25, 0.3) is 22.8 Å². The van der Waals surface area contributed by atoms with Gasteiger partial charge in [-0.1, -0.05) is 48.5 Å². The number of carbonyl (C=O) groups excluding carboxylic acids is 1. The zero-order chi connectivity index (χ0) is 18.8. The topological polar surface area (TPSA) is 59.2 Å². The van der Waals surface area contributed by atoms with Crippen molar-refractivity contribution < 1.29 is 9.32 Å². The van der Waals surface area contributed by atoms with Crippen LogP contribution in [-0.2, 0) is 0 Å². The molecular formula is C22H23N3O2. The first-order chi connectivity index (χ1) is 13.1. The van der Waals surface area contributed by atoms with Crippen molar-refractivity contribution in [1.82, 2.24) is 15.0 Å². The van der Waals surface area contributed by atoms with E-state index in [0.717, 1.165) is 30.6 Å². The molecule has 0 radical (unpaired) electrons. The van der Waals surface area contributed by atoms with Crippen LogP contribution in [-0.4, -0.2) is 34.0 Å². The molecule has 1 amide bonds. The van der Waals surface area contributed by atoms with Crippen LogP contribution in [0.5, 0.6) is 0 Å². The van der Waals surface area contributed by atoms with E-state index >= 15 is 0 Å². The summed E-state index contributed by atoms with van der Waals surface area (Å²) in [5, 5.41) is 4.14. The second kappa shape index (κ2) is 7.35. The number of aryl methyl sites for hydroxylation is 1. The summed E-state index contributed by atoms with van der Waals surface area (Å²) in [6, 6.07) is 15.4. The lowest BCUT2D eigenvalue weighted by Gasteiger charge is -2.31. The Balaban J connectivity index is 1.68. The van der Waals surface area contributed by atoms with Crippen molar-refractivity contribution in [2.45, 2.75) is 26.7 Å². The number of carbonyl (C=O) groups is 1. The highest BCUT2D eigenvalue weighted by atomic mass is 16.5. The number of rotatable bonds is 3. The number of hydrogen-bond acceptors (Lipinski definition) is 4. The lowest BCUT2D eigenvalue weighted by Crippen LogP contribution is -2.39. The van der Waals surface area contributed by atoms with Crippen molar-refractivity contribution in [3.63, 3.8) is 0 Å². The Labute approximate surface area is 159 Å². The van der Waals surface area contributed by atoms with Crippen LogP contribution < -0.4 is 0 Å². The quantitative estimate of drug-likeness (QED) is 0.685. The van der Waals surface area contributed by atoms with Crippen LogP contribution in [0.2, 0.25) is 0 Å². The molecule has 138 valence electrons. The maximum absolute atomic E-state index is 13.1. The first-order valence-corrected chi connectivity index (χ1v) is 9.42. The molecule has 5 heteroatoms. The van der Waals surface area contributed by atoms with Gasteiger partial charge in [-0.15, -0.1) is 0 Å². The lowest BCUT2D eigenvalue weighted by molar-refractivity contribution is 0.0683. The highest BCUT2D eigenvalue weighted by molar-refractivity contribution is 6.00. The summed E-state index contributed by atoms with van der Waals surface area (Å²) in [6.45, 7) is 5.81. The number of piperidine rings is 1. The van der Waals surface area contributed by atoms with E-state index < -0.39 is 0 Å². The van der Waals surface area contributed by atoms with Gasteiger partial charge in [0, 0.05) is 18.7 Å². The number of likely N-dealkylation sites (tertiary alicyclic amines) is 1. The third-order valence-corrected chi connectivity index (χ3v) is 5.14. The SMILES string of the molecule is Cc1ccccc1-c1noc(-c2ccccc2C(=O)N2CCCC(C)C2)n1. The van der Waals surface area contributed by atoms with Gasteiger partial charge in [-0.3, -0.25) is 4.79 Å². The second-order valence-electron chi connectivity index (χ2n) is 7.28. The average molecular weight is 361 g/mol.